The lowest BCUT2D eigenvalue weighted by atomic mass is 10.4. The molecule has 0 aliphatic heterocycles. The molecule has 3 nitrogen and oxygen atoms in total. The average Bonchev–Trinajstić information content (AvgIpc) is 2.88. The van der Waals surface area contributed by atoms with Gasteiger partial charge in [-0.05, 0) is 19.8 Å². The summed E-state index contributed by atoms with van der Waals surface area (Å²) in [4.78, 5) is 0. The largest absolute Gasteiger partial charge is 0.312 e. The topological polar surface area (TPSA) is 29.9 Å². The maximum absolute atomic E-state index is 5.88. The number of nitrogens with zero attached hydrogens (tertiary/aromatic N) is 2. The Labute approximate surface area is 83.1 Å². The molecule has 72 valence electrons. The zero-order valence-electron chi connectivity index (χ0n) is 7.76. The van der Waals surface area contributed by atoms with Crippen LogP contribution < -0.4 is 5.32 Å². The summed E-state index contributed by atoms with van der Waals surface area (Å²) < 4.78 is 1.94. The second kappa shape index (κ2) is 3.68. The molecule has 0 aromatic carbocycles. The number of nitrogens with one attached hydrogen (secondary N) is 1. The Hall–Kier alpha value is -0.540. The molecule has 1 aliphatic rings. The fourth-order valence-electron chi connectivity index (χ4n) is 1.31. The van der Waals surface area contributed by atoms with Gasteiger partial charge in [-0.1, -0.05) is 11.6 Å². The summed E-state index contributed by atoms with van der Waals surface area (Å²) in [5.74, 6) is 0. The van der Waals surface area contributed by atoms with Crippen molar-refractivity contribution in [2.75, 3.05) is 6.54 Å². The van der Waals surface area contributed by atoms with Gasteiger partial charge in [-0.25, -0.2) is 0 Å². The first-order valence-corrected chi connectivity index (χ1v) is 5.06. The van der Waals surface area contributed by atoms with Crippen LogP contribution in [0.1, 0.15) is 18.5 Å². The van der Waals surface area contributed by atoms with Gasteiger partial charge in [-0.15, -0.1) is 0 Å². The van der Waals surface area contributed by atoms with Crippen molar-refractivity contribution in [2.45, 2.75) is 32.4 Å². The van der Waals surface area contributed by atoms with E-state index in [1.54, 1.807) is 6.20 Å². The van der Waals surface area contributed by atoms with Crippen molar-refractivity contribution in [3.8, 4) is 0 Å². The molecule has 0 amide bonds. The molecular formula is C9H14ClN3. The predicted molar refractivity (Wildman–Crippen MR) is 53.0 cm³/mol. The molecule has 1 aliphatic carbocycles. The molecule has 4 heteroatoms. The highest BCUT2D eigenvalue weighted by Crippen LogP contribution is 2.18. The molecule has 0 bridgehead atoms. The first-order valence-electron chi connectivity index (χ1n) is 4.68. The maximum Gasteiger partial charge on any atom is 0.0814 e. The number of aromatic nitrogens is 2. The van der Waals surface area contributed by atoms with Crippen molar-refractivity contribution in [3.63, 3.8) is 0 Å². The summed E-state index contributed by atoms with van der Waals surface area (Å²) in [5.41, 5.74) is 1.05. The summed E-state index contributed by atoms with van der Waals surface area (Å²) in [6.45, 7) is 3.89. The van der Waals surface area contributed by atoms with Gasteiger partial charge in [0.1, 0.15) is 0 Å². The van der Waals surface area contributed by atoms with E-state index in [4.69, 9.17) is 11.6 Å². The molecular weight excluding hydrogens is 186 g/mol. The van der Waals surface area contributed by atoms with Crippen LogP contribution in [-0.2, 0) is 6.54 Å². The van der Waals surface area contributed by atoms with E-state index in [0.29, 0.717) is 0 Å². The van der Waals surface area contributed by atoms with Crippen molar-refractivity contribution in [1.82, 2.24) is 15.1 Å². The minimum atomic E-state index is 0.756. The zero-order chi connectivity index (χ0) is 9.26. The van der Waals surface area contributed by atoms with Gasteiger partial charge in [-0.2, -0.15) is 5.10 Å². The summed E-state index contributed by atoms with van der Waals surface area (Å²) in [7, 11) is 0. The standard InChI is InChI=1S/C9H14ClN3/c1-7-9(10)6-12-13(7)5-4-11-8-2-3-8/h6,8,11H,2-5H2,1H3. The molecule has 13 heavy (non-hydrogen) atoms. The average molecular weight is 200 g/mol. The third-order valence-electron chi connectivity index (χ3n) is 2.38. The van der Waals surface area contributed by atoms with E-state index in [-0.39, 0.29) is 0 Å². The van der Waals surface area contributed by atoms with Crippen LogP contribution in [0.3, 0.4) is 0 Å². The third-order valence-corrected chi connectivity index (χ3v) is 2.75. The van der Waals surface area contributed by atoms with Crippen molar-refractivity contribution in [1.29, 1.82) is 0 Å². The van der Waals surface area contributed by atoms with E-state index < -0.39 is 0 Å². The second-order valence-corrected chi connectivity index (χ2v) is 3.94. The Morgan fingerprint density at radius 1 is 1.69 bits per heavy atom. The van der Waals surface area contributed by atoms with Crippen LogP contribution in [0.15, 0.2) is 6.20 Å². The van der Waals surface area contributed by atoms with Gasteiger partial charge in [0, 0.05) is 12.6 Å². The van der Waals surface area contributed by atoms with E-state index in [9.17, 15) is 0 Å². The Bertz CT molecular complexity index is 291. The van der Waals surface area contributed by atoms with Crippen molar-refractivity contribution < 1.29 is 0 Å². The molecule has 1 aromatic rings. The van der Waals surface area contributed by atoms with Crippen molar-refractivity contribution in [3.05, 3.63) is 16.9 Å². The van der Waals surface area contributed by atoms with Crippen LogP contribution in [-0.4, -0.2) is 22.4 Å². The van der Waals surface area contributed by atoms with Crippen LogP contribution in [0.5, 0.6) is 0 Å². The molecule has 0 unspecified atom stereocenters. The van der Waals surface area contributed by atoms with E-state index >= 15 is 0 Å². The van der Waals surface area contributed by atoms with Crippen LogP contribution >= 0.6 is 11.6 Å². The predicted octanol–water partition coefficient (Wildman–Crippen LogP) is 1.60. The van der Waals surface area contributed by atoms with Gasteiger partial charge in [0.05, 0.1) is 23.5 Å². The van der Waals surface area contributed by atoms with Gasteiger partial charge < -0.3 is 5.32 Å². The van der Waals surface area contributed by atoms with Gasteiger partial charge >= 0.3 is 0 Å². The first kappa shape index (κ1) is 9.03. The van der Waals surface area contributed by atoms with Crippen LogP contribution in [0, 0.1) is 6.92 Å². The molecule has 0 spiro atoms. The van der Waals surface area contributed by atoms with Crippen molar-refractivity contribution >= 4 is 11.6 Å². The third kappa shape index (κ3) is 2.23. The minimum Gasteiger partial charge on any atom is -0.312 e. The van der Waals surface area contributed by atoms with Crippen LogP contribution in [0.2, 0.25) is 5.02 Å². The lowest BCUT2D eigenvalue weighted by Crippen LogP contribution is -2.22. The molecule has 1 aromatic heterocycles. The van der Waals surface area contributed by atoms with Crippen molar-refractivity contribution in [2.24, 2.45) is 0 Å². The number of halogens is 1. The molecule has 2 rings (SSSR count). The fourth-order valence-corrected chi connectivity index (χ4v) is 1.45. The molecule has 1 N–H and O–H groups in total. The lowest BCUT2D eigenvalue weighted by Gasteiger charge is -2.04. The summed E-state index contributed by atoms with van der Waals surface area (Å²) >= 11 is 5.88. The Morgan fingerprint density at radius 2 is 2.46 bits per heavy atom. The molecule has 0 saturated heterocycles. The fraction of sp³-hybridized carbons (Fsp3) is 0.667. The molecule has 0 radical (unpaired) electrons. The molecule has 1 heterocycles. The maximum atomic E-state index is 5.88. The van der Waals surface area contributed by atoms with E-state index in [1.807, 2.05) is 11.6 Å². The van der Waals surface area contributed by atoms with E-state index in [1.165, 1.54) is 12.8 Å². The minimum absolute atomic E-state index is 0.756. The summed E-state index contributed by atoms with van der Waals surface area (Å²) in [5, 5.41) is 8.37. The number of hydrogen-bond donors (Lipinski definition) is 1. The quantitative estimate of drug-likeness (QED) is 0.799. The van der Waals surface area contributed by atoms with Crippen LogP contribution in [0.25, 0.3) is 0 Å². The smallest absolute Gasteiger partial charge is 0.0814 e. The number of hydrogen-bond acceptors (Lipinski definition) is 2. The van der Waals surface area contributed by atoms with Gasteiger partial charge in [-0.3, -0.25) is 4.68 Å². The first-order chi connectivity index (χ1) is 6.27. The Kier molecular flexibility index (Phi) is 2.56. The number of rotatable bonds is 4. The highest BCUT2D eigenvalue weighted by Gasteiger charge is 2.19. The Morgan fingerprint density at radius 3 is 3.00 bits per heavy atom. The van der Waals surface area contributed by atoms with Crippen LogP contribution in [0.4, 0.5) is 0 Å². The van der Waals surface area contributed by atoms with E-state index in [2.05, 4.69) is 10.4 Å². The molecule has 1 saturated carbocycles. The lowest BCUT2D eigenvalue weighted by molar-refractivity contribution is 0.543. The normalized spacial score (nSPS) is 16.5. The second-order valence-electron chi connectivity index (χ2n) is 3.53. The summed E-state index contributed by atoms with van der Waals surface area (Å²) in [6, 6.07) is 0.770. The van der Waals surface area contributed by atoms with Gasteiger partial charge in [0.25, 0.3) is 0 Å². The highest BCUT2D eigenvalue weighted by atomic mass is 35.5. The van der Waals surface area contributed by atoms with E-state index in [0.717, 1.165) is 29.8 Å². The van der Waals surface area contributed by atoms with Gasteiger partial charge in [0.15, 0.2) is 0 Å². The van der Waals surface area contributed by atoms with Gasteiger partial charge in [0.2, 0.25) is 0 Å². The zero-order valence-corrected chi connectivity index (χ0v) is 8.51. The Balaban J connectivity index is 1.82. The molecule has 0 atom stereocenters. The monoisotopic (exact) mass is 199 g/mol. The molecule has 1 fully saturated rings. The summed E-state index contributed by atoms with van der Waals surface area (Å²) in [6.07, 6.45) is 4.37. The SMILES string of the molecule is Cc1c(Cl)cnn1CCNC1CC1. The highest BCUT2D eigenvalue weighted by molar-refractivity contribution is 6.31.